The molecule has 0 aromatic heterocycles. The van der Waals surface area contributed by atoms with Crippen molar-refractivity contribution in [3.8, 4) is 5.75 Å². The van der Waals surface area contributed by atoms with E-state index in [4.69, 9.17) is 4.74 Å². The first-order valence-corrected chi connectivity index (χ1v) is 9.30. The van der Waals surface area contributed by atoms with Crippen LogP contribution < -0.4 is 4.74 Å². The van der Waals surface area contributed by atoms with E-state index in [2.05, 4.69) is 65.5 Å². The zero-order valence-corrected chi connectivity index (χ0v) is 16.5. The van der Waals surface area contributed by atoms with Gasteiger partial charge >= 0.3 is 0 Å². The number of hydrogen-bond donors (Lipinski definition) is 0. The average Bonchev–Trinajstić information content (AvgIpc) is 2.56. The number of benzene rings is 1. The van der Waals surface area contributed by atoms with Crippen LogP contribution in [0.15, 0.2) is 42.0 Å². The van der Waals surface area contributed by atoms with Gasteiger partial charge in [-0.15, -0.1) is 0 Å². The molecule has 2 rings (SSSR count). The molecule has 0 saturated carbocycles. The van der Waals surface area contributed by atoms with Crippen LogP contribution in [0.4, 0.5) is 0 Å². The summed E-state index contributed by atoms with van der Waals surface area (Å²) in [5.74, 6) is 1.02. The molecule has 0 aliphatic heterocycles. The predicted octanol–water partition coefficient (Wildman–Crippen LogP) is 6.62. The molecule has 0 spiro atoms. The van der Waals surface area contributed by atoms with Gasteiger partial charge in [-0.1, -0.05) is 63.1 Å². The molecule has 0 N–H and O–H groups in total. The van der Waals surface area contributed by atoms with Crippen LogP contribution in [0.2, 0.25) is 0 Å². The summed E-state index contributed by atoms with van der Waals surface area (Å²) in [6.45, 7) is 15.7. The van der Waals surface area contributed by atoms with E-state index in [1.165, 1.54) is 35.1 Å². The zero-order chi connectivity index (χ0) is 18.0. The maximum Gasteiger partial charge on any atom is 0.123 e. The molecule has 1 heteroatoms. The smallest absolute Gasteiger partial charge is 0.123 e. The third kappa shape index (κ3) is 3.18. The molecule has 0 saturated heterocycles. The van der Waals surface area contributed by atoms with Gasteiger partial charge in [-0.25, -0.2) is 0 Å². The molecule has 0 fully saturated rings. The fraction of sp³-hybridized carbons (Fsp3) is 0.565. The molecule has 0 radical (unpaired) electrons. The Kier molecular flexibility index (Phi) is 5.63. The molecule has 0 bridgehead atoms. The summed E-state index contributed by atoms with van der Waals surface area (Å²) in [7, 11) is 1.79. The molecule has 1 nitrogen and oxygen atoms in total. The van der Waals surface area contributed by atoms with Gasteiger partial charge in [-0.3, -0.25) is 0 Å². The van der Waals surface area contributed by atoms with Crippen LogP contribution >= 0.6 is 0 Å². The fourth-order valence-corrected chi connectivity index (χ4v) is 4.16. The van der Waals surface area contributed by atoms with E-state index in [0.29, 0.717) is 0 Å². The van der Waals surface area contributed by atoms with E-state index in [9.17, 15) is 0 Å². The van der Waals surface area contributed by atoms with Crippen molar-refractivity contribution in [2.24, 2.45) is 5.41 Å². The lowest BCUT2D eigenvalue weighted by molar-refractivity contribution is 0.213. The van der Waals surface area contributed by atoms with Gasteiger partial charge in [0.05, 0.1) is 7.11 Å². The summed E-state index contributed by atoms with van der Waals surface area (Å²) < 4.78 is 5.83. The Morgan fingerprint density at radius 1 is 1.29 bits per heavy atom. The lowest BCUT2D eigenvalue weighted by atomic mass is 9.54. The highest BCUT2D eigenvalue weighted by atomic mass is 16.5. The van der Waals surface area contributed by atoms with E-state index in [1.54, 1.807) is 7.11 Å². The minimum absolute atomic E-state index is 0.0464. The van der Waals surface area contributed by atoms with E-state index in [0.717, 1.165) is 25.0 Å². The summed E-state index contributed by atoms with van der Waals surface area (Å²) in [5.41, 5.74) is 5.34. The van der Waals surface area contributed by atoms with Gasteiger partial charge in [-0.05, 0) is 51.2 Å². The Morgan fingerprint density at radius 3 is 2.58 bits per heavy atom. The SMILES string of the molecule is C=C(C)C1(C)CCC(C)=C[C@@]1(C)c1ccc(CCCC)cc1OC. The van der Waals surface area contributed by atoms with Crippen LogP contribution in [0.25, 0.3) is 0 Å². The van der Waals surface area contributed by atoms with Crippen molar-refractivity contribution in [2.45, 2.75) is 72.1 Å². The molecular formula is C23H34O. The van der Waals surface area contributed by atoms with Crippen molar-refractivity contribution >= 4 is 0 Å². The maximum absolute atomic E-state index is 5.83. The number of ether oxygens (including phenoxy) is 1. The molecule has 24 heavy (non-hydrogen) atoms. The quantitative estimate of drug-likeness (QED) is 0.534. The van der Waals surface area contributed by atoms with Crippen LogP contribution in [0, 0.1) is 5.41 Å². The molecule has 1 aliphatic rings. The average molecular weight is 327 g/mol. The largest absolute Gasteiger partial charge is 0.496 e. The first-order chi connectivity index (χ1) is 11.3. The molecule has 2 atom stereocenters. The number of hydrogen-bond acceptors (Lipinski definition) is 1. The normalized spacial score (nSPS) is 26.8. The van der Waals surface area contributed by atoms with Gasteiger partial charge < -0.3 is 4.74 Å². The van der Waals surface area contributed by atoms with Crippen LogP contribution in [0.1, 0.15) is 71.4 Å². The van der Waals surface area contributed by atoms with Gasteiger partial charge in [0.25, 0.3) is 0 Å². The summed E-state index contributed by atoms with van der Waals surface area (Å²) in [6, 6.07) is 6.82. The van der Waals surface area contributed by atoms with Crippen molar-refractivity contribution in [2.75, 3.05) is 7.11 Å². The van der Waals surface area contributed by atoms with Gasteiger partial charge in [0.15, 0.2) is 0 Å². The third-order valence-electron chi connectivity index (χ3n) is 6.29. The Balaban J connectivity index is 2.57. The van der Waals surface area contributed by atoms with Gasteiger partial charge in [0.2, 0.25) is 0 Å². The highest BCUT2D eigenvalue weighted by Gasteiger charge is 2.47. The fourth-order valence-electron chi connectivity index (χ4n) is 4.16. The molecular weight excluding hydrogens is 292 g/mol. The second-order valence-corrected chi connectivity index (χ2v) is 7.94. The predicted molar refractivity (Wildman–Crippen MR) is 105 cm³/mol. The van der Waals surface area contributed by atoms with Crippen LogP contribution in [0.3, 0.4) is 0 Å². The molecule has 1 unspecified atom stereocenters. The van der Waals surface area contributed by atoms with Crippen LogP contribution in [-0.4, -0.2) is 7.11 Å². The third-order valence-corrected chi connectivity index (χ3v) is 6.29. The number of unbranched alkanes of at least 4 members (excludes halogenated alkanes) is 1. The number of rotatable bonds is 6. The summed E-state index contributed by atoms with van der Waals surface area (Å²) in [4.78, 5) is 0. The number of methoxy groups -OCH3 is 1. The topological polar surface area (TPSA) is 9.23 Å². The van der Waals surface area contributed by atoms with Crippen molar-refractivity contribution in [3.05, 3.63) is 53.1 Å². The van der Waals surface area contributed by atoms with E-state index < -0.39 is 0 Å². The van der Waals surface area contributed by atoms with E-state index in [-0.39, 0.29) is 10.8 Å². The number of aryl methyl sites for hydroxylation is 1. The van der Waals surface area contributed by atoms with Gasteiger partial charge in [0, 0.05) is 16.4 Å². The lowest BCUT2D eigenvalue weighted by Crippen LogP contribution is -2.43. The molecule has 0 heterocycles. The monoisotopic (exact) mass is 326 g/mol. The van der Waals surface area contributed by atoms with Crippen molar-refractivity contribution < 1.29 is 4.74 Å². The molecule has 1 aromatic rings. The second kappa shape index (κ2) is 7.17. The Morgan fingerprint density at radius 2 is 2.00 bits per heavy atom. The molecule has 1 aliphatic carbocycles. The maximum atomic E-state index is 5.83. The second-order valence-electron chi connectivity index (χ2n) is 7.94. The Labute approximate surface area is 148 Å². The minimum atomic E-state index is -0.0875. The molecule has 1 aromatic carbocycles. The first kappa shape index (κ1) is 18.8. The van der Waals surface area contributed by atoms with Gasteiger partial charge in [0.1, 0.15) is 5.75 Å². The lowest BCUT2D eigenvalue weighted by Gasteiger charge is -2.50. The highest BCUT2D eigenvalue weighted by Crippen LogP contribution is 2.55. The zero-order valence-electron chi connectivity index (χ0n) is 16.5. The Hall–Kier alpha value is -1.50. The standard InChI is InChI=1S/C23H34O/c1-8-9-10-19-11-12-20(21(15-19)24-7)23(6)16-18(4)13-14-22(23,5)17(2)3/h11-12,15-16H,2,8-10,13-14H2,1,3-7H3/t22?,23-/m0/s1. The van der Waals surface area contributed by atoms with E-state index >= 15 is 0 Å². The molecule has 132 valence electrons. The highest BCUT2D eigenvalue weighted by molar-refractivity contribution is 5.49. The van der Waals surface area contributed by atoms with Crippen LogP contribution in [0.5, 0.6) is 5.75 Å². The minimum Gasteiger partial charge on any atom is -0.496 e. The van der Waals surface area contributed by atoms with Crippen molar-refractivity contribution in [3.63, 3.8) is 0 Å². The molecule has 0 amide bonds. The number of allylic oxidation sites excluding steroid dienone is 3. The van der Waals surface area contributed by atoms with Gasteiger partial charge in [-0.2, -0.15) is 0 Å². The van der Waals surface area contributed by atoms with E-state index in [1.807, 2.05) is 0 Å². The van der Waals surface area contributed by atoms with Crippen molar-refractivity contribution in [1.82, 2.24) is 0 Å². The summed E-state index contributed by atoms with van der Waals surface area (Å²) in [6.07, 6.45) is 8.31. The van der Waals surface area contributed by atoms with Crippen molar-refractivity contribution in [1.29, 1.82) is 0 Å². The van der Waals surface area contributed by atoms with Crippen LogP contribution in [-0.2, 0) is 11.8 Å². The summed E-state index contributed by atoms with van der Waals surface area (Å²) in [5, 5.41) is 0. The summed E-state index contributed by atoms with van der Waals surface area (Å²) >= 11 is 0. The Bertz CT molecular complexity index is 639. The first-order valence-electron chi connectivity index (χ1n) is 9.30.